The van der Waals surface area contributed by atoms with Gasteiger partial charge in [0.25, 0.3) is 0 Å². The Morgan fingerprint density at radius 2 is 1.67 bits per heavy atom. The van der Waals surface area contributed by atoms with Gasteiger partial charge < -0.3 is 10.6 Å². The van der Waals surface area contributed by atoms with Gasteiger partial charge in [0, 0.05) is 17.8 Å². The smallest absolute Gasteiger partial charge is 0.183 e. The van der Waals surface area contributed by atoms with Crippen LogP contribution in [0.5, 0.6) is 0 Å². The lowest BCUT2D eigenvalue weighted by Crippen LogP contribution is -2.45. The van der Waals surface area contributed by atoms with Gasteiger partial charge in [0.1, 0.15) is 0 Å². The number of carbonyl (C=O) groups is 1. The van der Waals surface area contributed by atoms with E-state index in [2.05, 4.69) is 4.90 Å². The van der Waals surface area contributed by atoms with Crippen molar-refractivity contribution in [3.63, 3.8) is 0 Å². The molecule has 3 heteroatoms. The molecule has 0 radical (unpaired) electrons. The minimum atomic E-state index is -0.458. The fourth-order valence-corrected chi connectivity index (χ4v) is 2.35. The molecule has 0 aromatic heterocycles. The molecule has 1 unspecified atom stereocenters. The maximum atomic E-state index is 12.0. The molecule has 0 amide bonds. The molecular weight excluding hydrogens is 224 g/mol. The number of benzene rings is 2. The van der Waals surface area contributed by atoms with Crippen LogP contribution in [-0.2, 0) is 0 Å². The molecule has 0 fully saturated rings. The molecule has 2 aromatic carbocycles. The molecule has 1 aliphatic heterocycles. The zero-order chi connectivity index (χ0) is 12.5. The van der Waals surface area contributed by atoms with E-state index in [1.807, 2.05) is 54.6 Å². The maximum Gasteiger partial charge on any atom is 0.183 e. The largest absolute Gasteiger partial charge is 0.339 e. The highest BCUT2D eigenvalue weighted by molar-refractivity contribution is 6.07. The van der Waals surface area contributed by atoms with Gasteiger partial charge in [-0.05, 0) is 24.3 Å². The van der Waals surface area contributed by atoms with Gasteiger partial charge in [0.15, 0.2) is 5.78 Å². The third kappa shape index (κ3) is 1.69. The lowest BCUT2D eigenvalue weighted by Gasteiger charge is -2.33. The number of nitrogens with two attached hydrogens (primary N) is 1. The molecule has 2 aromatic rings. The van der Waals surface area contributed by atoms with Gasteiger partial charge in [-0.3, -0.25) is 4.79 Å². The third-order valence-corrected chi connectivity index (χ3v) is 3.24. The number of hydrogen-bond donors (Lipinski definition) is 1. The van der Waals surface area contributed by atoms with E-state index < -0.39 is 6.04 Å². The quantitative estimate of drug-likeness (QED) is 0.829. The summed E-state index contributed by atoms with van der Waals surface area (Å²) in [5.74, 6) is 0.0257. The molecule has 0 saturated carbocycles. The van der Waals surface area contributed by atoms with Crippen molar-refractivity contribution in [1.82, 2.24) is 0 Å². The SMILES string of the molecule is NC1CN(c2ccccc2)c2ccccc2C1=O. The minimum Gasteiger partial charge on any atom is -0.339 e. The second-order valence-electron chi connectivity index (χ2n) is 4.43. The van der Waals surface area contributed by atoms with Crippen molar-refractivity contribution >= 4 is 17.2 Å². The summed E-state index contributed by atoms with van der Waals surface area (Å²) in [6.07, 6.45) is 0. The van der Waals surface area contributed by atoms with Crippen LogP contribution in [0.15, 0.2) is 54.6 Å². The summed E-state index contributed by atoms with van der Waals surface area (Å²) in [5.41, 5.74) is 8.64. The van der Waals surface area contributed by atoms with Crippen molar-refractivity contribution in [1.29, 1.82) is 0 Å². The number of rotatable bonds is 1. The molecule has 3 rings (SSSR count). The summed E-state index contributed by atoms with van der Waals surface area (Å²) in [7, 11) is 0. The average Bonchev–Trinajstić information content (AvgIpc) is 2.44. The van der Waals surface area contributed by atoms with E-state index in [9.17, 15) is 4.79 Å². The molecule has 1 atom stereocenters. The number of anilines is 2. The van der Waals surface area contributed by atoms with Crippen LogP contribution in [0.2, 0.25) is 0 Å². The fourth-order valence-electron chi connectivity index (χ4n) is 2.35. The van der Waals surface area contributed by atoms with Crippen molar-refractivity contribution in [3.8, 4) is 0 Å². The molecule has 0 spiro atoms. The van der Waals surface area contributed by atoms with Crippen molar-refractivity contribution in [2.45, 2.75) is 6.04 Å². The first-order chi connectivity index (χ1) is 8.77. The Balaban J connectivity index is 2.13. The monoisotopic (exact) mass is 238 g/mol. The second-order valence-corrected chi connectivity index (χ2v) is 4.43. The molecule has 2 N–H and O–H groups in total. The van der Waals surface area contributed by atoms with E-state index in [0.717, 1.165) is 11.4 Å². The highest BCUT2D eigenvalue weighted by Gasteiger charge is 2.29. The van der Waals surface area contributed by atoms with Gasteiger partial charge in [-0.15, -0.1) is 0 Å². The number of nitrogens with zero attached hydrogens (tertiary/aromatic N) is 1. The topological polar surface area (TPSA) is 46.3 Å². The van der Waals surface area contributed by atoms with E-state index in [-0.39, 0.29) is 5.78 Å². The first kappa shape index (κ1) is 11.0. The van der Waals surface area contributed by atoms with Crippen LogP contribution in [0.1, 0.15) is 10.4 Å². The first-order valence-electron chi connectivity index (χ1n) is 5.99. The Kier molecular flexibility index (Phi) is 2.61. The molecule has 18 heavy (non-hydrogen) atoms. The van der Waals surface area contributed by atoms with Crippen LogP contribution < -0.4 is 10.6 Å². The zero-order valence-electron chi connectivity index (χ0n) is 9.91. The van der Waals surface area contributed by atoms with Crippen LogP contribution in [0.25, 0.3) is 0 Å². The van der Waals surface area contributed by atoms with Crippen molar-refractivity contribution in [2.75, 3.05) is 11.4 Å². The van der Waals surface area contributed by atoms with Crippen LogP contribution in [0.3, 0.4) is 0 Å². The summed E-state index contributed by atoms with van der Waals surface area (Å²) in [4.78, 5) is 14.1. The Labute approximate surface area is 106 Å². The van der Waals surface area contributed by atoms with Crippen molar-refractivity contribution < 1.29 is 4.79 Å². The van der Waals surface area contributed by atoms with E-state index in [1.165, 1.54) is 0 Å². The van der Waals surface area contributed by atoms with E-state index >= 15 is 0 Å². The number of ketones is 1. The number of fused-ring (bicyclic) bond motifs is 1. The first-order valence-corrected chi connectivity index (χ1v) is 5.99. The highest BCUT2D eigenvalue weighted by atomic mass is 16.1. The highest BCUT2D eigenvalue weighted by Crippen LogP contribution is 2.32. The molecule has 0 aliphatic carbocycles. The molecule has 1 aliphatic rings. The van der Waals surface area contributed by atoms with Gasteiger partial charge in [-0.2, -0.15) is 0 Å². The predicted molar refractivity (Wildman–Crippen MR) is 72.2 cm³/mol. The maximum absolute atomic E-state index is 12.0. The van der Waals surface area contributed by atoms with Gasteiger partial charge in [0.05, 0.1) is 11.7 Å². The van der Waals surface area contributed by atoms with Crippen LogP contribution >= 0.6 is 0 Å². The van der Waals surface area contributed by atoms with E-state index in [0.29, 0.717) is 12.1 Å². The summed E-state index contributed by atoms with van der Waals surface area (Å²) in [6.45, 7) is 0.528. The van der Waals surface area contributed by atoms with Crippen LogP contribution in [0, 0.1) is 0 Å². The standard InChI is InChI=1S/C15H14N2O/c16-13-10-17(11-6-2-1-3-7-11)14-9-5-4-8-12(14)15(13)18/h1-9,13H,10,16H2. The van der Waals surface area contributed by atoms with Gasteiger partial charge in [0.2, 0.25) is 0 Å². The van der Waals surface area contributed by atoms with Crippen LogP contribution in [-0.4, -0.2) is 18.4 Å². The Morgan fingerprint density at radius 1 is 1.00 bits per heavy atom. The zero-order valence-corrected chi connectivity index (χ0v) is 9.91. The molecule has 1 heterocycles. The number of Topliss-reactive ketones (excluding diaryl/α,β-unsaturated/α-hetero) is 1. The lowest BCUT2D eigenvalue weighted by molar-refractivity contribution is 0.0959. The summed E-state index contributed by atoms with van der Waals surface area (Å²) < 4.78 is 0. The Morgan fingerprint density at radius 3 is 2.44 bits per heavy atom. The number of carbonyl (C=O) groups excluding carboxylic acids is 1. The minimum absolute atomic E-state index is 0.0257. The molecule has 0 saturated heterocycles. The van der Waals surface area contributed by atoms with Crippen molar-refractivity contribution in [3.05, 3.63) is 60.2 Å². The summed E-state index contributed by atoms with van der Waals surface area (Å²) >= 11 is 0. The molecule has 3 nitrogen and oxygen atoms in total. The fraction of sp³-hybridized carbons (Fsp3) is 0.133. The normalized spacial score (nSPS) is 18.6. The van der Waals surface area contributed by atoms with Crippen molar-refractivity contribution in [2.24, 2.45) is 5.73 Å². The van der Waals surface area contributed by atoms with Gasteiger partial charge in [-0.1, -0.05) is 30.3 Å². The molecule has 0 bridgehead atoms. The van der Waals surface area contributed by atoms with Gasteiger partial charge in [-0.25, -0.2) is 0 Å². The number of para-hydroxylation sites is 2. The summed E-state index contributed by atoms with van der Waals surface area (Å²) in [6, 6.07) is 17.2. The average molecular weight is 238 g/mol. The van der Waals surface area contributed by atoms with E-state index in [4.69, 9.17) is 5.73 Å². The van der Waals surface area contributed by atoms with Gasteiger partial charge >= 0.3 is 0 Å². The number of hydrogen-bond acceptors (Lipinski definition) is 3. The van der Waals surface area contributed by atoms with E-state index in [1.54, 1.807) is 0 Å². The lowest BCUT2D eigenvalue weighted by atomic mass is 9.96. The Hall–Kier alpha value is -2.13. The predicted octanol–water partition coefficient (Wildman–Crippen LogP) is 2.35. The molecule has 90 valence electrons. The van der Waals surface area contributed by atoms with Crippen LogP contribution in [0.4, 0.5) is 11.4 Å². The Bertz CT molecular complexity index is 580. The summed E-state index contributed by atoms with van der Waals surface area (Å²) in [5, 5.41) is 0. The third-order valence-electron chi connectivity index (χ3n) is 3.24. The second kappa shape index (κ2) is 4.27. The molecular formula is C15H14N2O.